The van der Waals surface area contributed by atoms with Gasteiger partial charge in [-0.05, 0) is 24.1 Å². The van der Waals surface area contributed by atoms with E-state index < -0.39 is 11.9 Å². The number of benzene rings is 2. The van der Waals surface area contributed by atoms with Gasteiger partial charge in [-0.15, -0.1) is 0 Å². The average molecular weight is 261 g/mol. The van der Waals surface area contributed by atoms with Gasteiger partial charge in [0.25, 0.3) is 0 Å². The van der Waals surface area contributed by atoms with Gasteiger partial charge in [0.15, 0.2) is 0 Å². The van der Waals surface area contributed by atoms with Gasteiger partial charge in [0.05, 0.1) is 5.92 Å². The Morgan fingerprint density at radius 2 is 1.83 bits per heavy atom. The summed E-state index contributed by atoms with van der Waals surface area (Å²) in [5.41, 5.74) is 2.66. The molecular weight excluding hydrogens is 248 g/mol. The Bertz CT molecular complexity index is 564. The fraction of sp³-hybridized carbons (Fsp3) is 0.133. The SMILES string of the molecule is CC(C(=O)O)c1ccc(-c2ccccc2)c(Cl)c1. The second-order valence-electron chi connectivity index (χ2n) is 4.17. The number of aliphatic carboxylic acids is 1. The topological polar surface area (TPSA) is 37.3 Å². The van der Waals surface area contributed by atoms with Crippen LogP contribution in [0.4, 0.5) is 0 Å². The number of halogens is 1. The maximum Gasteiger partial charge on any atom is 0.310 e. The van der Waals surface area contributed by atoms with Crippen LogP contribution in [-0.2, 0) is 4.79 Å². The van der Waals surface area contributed by atoms with Crippen LogP contribution in [0.1, 0.15) is 18.4 Å². The monoisotopic (exact) mass is 260 g/mol. The minimum Gasteiger partial charge on any atom is -0.481 e. The maximum atomic E-state index is 10.9. The minimum atomic E-state index is -0.849. The van der Waals surface area contributed by atoms with Gasteiger partial charge in [0.1, 0.15) is 0 Å². The van der Waals surface area contributed by atoms with E-state index in [1.165, 1.54) is 0 Å². The molecule has 1 atom stereocenters. The van der Waals surface area contributed by atoms with Crippen molar-refractivity contribution in [2.75, 3.05) is 0 Å². The first-order valence-electron chi connectivity index (χ1n) is 5.67. The van der Waals surface area contributed by atoms with E-state index in [-0.39, 0.29) is 0 Å². The summed E-state index contributed by atoms with van der Waals surface area (Å²) in [6.07, 6.45) is 0. The number of carboxylic acids is 1. The van der Waals surface area contributed by atoms with E-state index in [2.05, 4.69) is 0 Å². The smallest absolute Gasteiger partial charge is 0.310 e. The second-order valence-corrected chi connectivity index (χ2v) is 4.57. The number of carbonyl (C=O) groups is 1. The molecule has 0 radical (unpaired) electrons. The van der Waals surface area contributed by atoms with Gasteiger partial charge in [-0.3, -0.25) is 4.79 Å². The highest BCUT2D eigenvalue weighted by molar-refractivity contribution is 6.33. The molecule has 3 heteroatoms. The third-order valence-electron chi connectivity index (χ3n) is 2.95. The van der Waals surface area contributed by atoms with Crippen molar-refractivity contribution in [3.63, 3.8) is 0 Å². The van der Waals surface area contributed by atoms with Gasteiger partial charge in [0, 0.05) is 10.6 Å². The van der Waals surface area contributed by atoms with Crippen LogP contribution in [0.2, 0.25) is 5.02 Å². The van der Waals surface area contributed by atoms with Crippen LogP contribution in [0.15, 0.2) is 48.5 Å². The Labute approximate surface area is 111 Å². The Hall–Kier alpha value is -1.80. The van der Waals surface area contributed by atoms with Gasteiger partial charge < -0.3 is 5.11 Å². The van der Waals surface area contributed by atoms with Gasteiger partial charge in [0.2, 0.25) is 0 Å². The van der Waals surface area contributed by atoms with E-state index in [0.717, 1.165) is 11.1 Å². The molecule has 2 aromatic carbocycles. The molecule has 0 aliphatic carbocycles. The molecule has 0 bridgehead atoms. The molecule has 2 aromatic rings. The molecule has 1 N–H and O–H groups in total. The zero-order chi connectivity index (χ0) is 13.1. The van der Waals surface area contributed by atoms with Crippen molar-refractivity contribution in [2.24, 2.45) is 0 Å². The molecule has 0 heterocycles. The molecular formula is C15H13ClO2. The lowest BCUT2D eigenvalue weighted by Gasteiger charge is -2.10. The molecule has 18 heavy (non-hydrogen) atoms. The van der Waals surface area contributed by atoms with Crippen LogP contribution < -0.4 is 0 Å². The lowest BCUT2D eigenvalue weighted by Crippen LogP contribution is -2.07. The van der Waals surface area contributed by atoms with Crippen molar-refractivity contribution in [3.05, 3.63) is 59.1 Å². The molecule has 92 valence electrons. The molecule has 1 unspecified atom stereocenters. The third-order valence-corrected chi connectivity index (χ3v) is 3.26. The summed E-state index contributed by atoms with van der Waals surface area (Å²) < 4.78 is 0. The van der Waals surface area contributed by atoms with Gasteiger partial charge in [-0.25, -0.2) is 0 Å². The molecule has 2 rings (SSSR count). The summed E-state index contributed by atoms with van der Waals surface area (Å²) in [7, 11) is 0. The van der Waals surface area contributed by atoms with Crippen LogP contribution in [0.25, 0.3) is 11.1 Å². The quantitative estimate of drug-likeness (QED) is 0.898. The Morgan fingerprint density at radius 1 is 1.17 bits per heavy atom. The normalized spacial score (nSPS) is 12.1. The molecule has 0 saturated carbocycles. The van der Waals surface area contributed by atoms with E-state index >= 15 is 0 Å². The fourth-order valence-corrected chi connectivity index (χ4v) is 2.09. The lowest BCUT2D eigenvalue weighted by atomic mass is 9.97. The van der Waals surface area contributed by atoms with E-state index in [4.69, 9.17) is 16.7 Å². The number of hydrogen-bond donors (Lipinski definition) is 1. The van der Waals surface area contributed by atoms with E-state index in [1.807, 2.05) is 42.5 Å². The van der Waals surface area contributed by atoms with E-state index in [0.29, 0.717) is 10.6 Å². The Balaban J connectivity index is 2.40. The van der Waals surface area contributed by atoms with Crippen LogP contribution in [0.3, 0.4) is 0 Å². The summed E-state index contributed by atoms with van der Waals surface area (Å²) in [6, 6.07) is 15.2. The first-order chi connectivity index (χ1) is 8.59. The standard InChI is InChI=1S/C15H13ClO2/c1-10(15(17)18)12-7-8-13(14(16)9-12)11-5-3-2-4-6-11/h2-10H,1H3,(H,17,18). The number of rotatable bonds is 3. The highest BCUT2D eigenvalue weighted by atomic mass is 35.5. The van der Waals surface area contributed by atoms with Gasteiger partial charge in [-0.2, -0.15) is 0 Å². The molecule has 0 amide bonds. The maximum absolute atomic E-state index is 10.9. The van der Waals surface area contributed by atoms with Crippen molar-refractivity contribution in [2.45, 2.75) is 12.8 Å². The van der Waals surface area contributed by atoms with Crippen molar-refractivity contribution >= 4 is 17.6 Å². The molecule has 0 saturated heterocycles. The van der Waals surface area contributed by atoms with Crippen LogP contribution in [-0.4, -0.2) is 11.1 Å². The highest BCUT2D eigenvalue weighted by Gasteiger charge is 2.15. The van der Waals surface area contributed by atoms with Crippen LogP contribution >= 0.6 is 11.6 Å². The van der Waals surface area contributed by atoms with Crippen molar-refractivity contribution in [3.8, 4) is 11.1 Å². The van der Waals surface area contributed by atoms with Gasteiger partial charge >= 0.3 is 5.97 Å². The lowest BCUT2D eigenvalue weighted by molar-refractivity contribution is -0.138. The first-order valence-corrected chi connectivity index (χ1v) is 6.05. The third kappa shape index (κ3) is 2.54. The summed E-state index contributed by atoms with van der Waals surface area (Å²) in [5.74, 6) is -1.40. The minimum absolute atomic E-state index is 0.549. The van der Waals surface area contributed by atoms with Crippen molar-refractivity contribution < 1.29 is 9.90 Å². The van der Waals surface area contributed by atoms with Gasteiger partial charge in [-0.1, -0.05) is 54.1 Å². The molecule has 2 nitrogen and oxygen atoms in total. The largest absolute Gasteiger partial charge is 0.481 e. The second kappa shape index (κ2) is 5.23. The summed E-state index contributed by atoms with van der Waals surface area (Å²) in [5, 5.41) is 9.55. The Kier molecular flexibility index (Phi) is 3.68. The first kappa shape index (κ1) is 12.7. The zero-order valence-corrected chi connectivity index (χ0v) is 10.7. The van der Waals surface area contributed by atoms with E-state index in [9.17, 15) is 4.79 Å². The summed E-state index contributed by atoms with van der Waals surface area (Å²) >= 11 is 6.22. The van der Waals surface area contributed by atoms with Crippen LogP contribution in [0, 0.1) is 0 Å². The van der Waals surface area contributed by atoms with Crippen molar-refractivity contribution in [1.82, 2.24) is 0 Å². The molecule has 0 fully saturated rings. The summed E-state index contributed by atoms with van der Waals surface area (Å²) in [4.78, 5) is 10.9. The molecule has 0 aliphatic rings. The van der Waals surface area contributed by atoms with Crippen LogP contribution in [0.5, 0.6) is 0 Å². The molecule has 0 aromatic heterocycles. The predicted molar refractivity (Wildman–Crippen MR) is 72.9 cm³/mol. The predicted octanol–water partition coefficient (Wildman–Crippen LogP) is 4.20. The zero-order valence-electron chi connectivity index (χ0n) is 9.93. The highest BCUT2D eigenvalue weighted by Crippen LogP contribution is 2.30. The fourth-order valence-electron chi connectivity index (χ4n) is 1.80. The number of carboxylic acid groups (broad SMARTS) is 1. The Morgan fingerprint density at radius 3 is 2.39 bits per heavy atom. The van der Waals surface area contributed by atoms with Crippen molar-refractivity contribution in [1.29, 1.82) is 0 Å². The average Bonchev–Trinajstić information content (AvgIpc) is 2.38. The molecule has 0 aliphatic heterocycles. The van der Waals surface area contributed by atoms with E-state index in [1.54, 1.807) is 13.0 Å². The number of hydrogen-bond acceptors (Lipinski definition) is 1. The summed E-state index contributed by atoms with van der Waals surface area (Å²) in [6.45, 7) is 1.65. The molecule has 0 spiro atoms.